The molecule has 2 fully saturated rings. The summed E-state index contributed by atoms with van der Waals surface area (Å²) in [5.74, 6) is -0.206. The molecule has 2 heterocycles. The summed E-state index contributed by atoms with van der Waals surface area (Å²) >= 11 is 0. The van der Waals surface area contributed by atoms with E-state index in [9.17, 15) is 45.6 Å². The van der Waals surface area contributed by atoms with Crippen LogP contribution < -0.4 is 5.32 Å². The summed E-state index contributed by atoms with van der Waals surface area (Å²) in [6, 6.07) is -0.825. The molecule has 2 saturated heterocycles. The van der Waals surface area contributed by atoms with Crippen molar-refractivity contribution in [2.24, 2.45) is 0 Å². The Hall–Kier alpha value is -2.31. The zero-order valence-electron chi connectivity index (χ0n) is 52.4. The largest absolute Gasteiger partial charge is 0.394 e. The van der Waals surface area contributed by atoms with Gasteiger partial charge in [-0.3, -0.25) is 4.79 Å². The summed E-state index contributed by atoms with van der Waals surface area (Å²) < 4.78 is 22.8. The molecule has 12 unspecified atom stereocenters. The Morgan fingerprint density at radius 1 is 0.446 bits per heavy atom. The third kappa shape index (κ3) is 38.6. The molecule has 9 N–H and O–H groups in total. The predicted molar refractivity (Wildman–Crippen MR) is 337 cm³/mol. The first-order chi connectivity index (χ1) is 40.6. The third-order valence-corrected chi connectivity index (χ3v) is 16.5. The van der Waals surface area contributed by atoms with Crippen LogP contribution in [0.15, 0.2) is 60.8 Å². The van der Waals surface area contributed by atoms with Gasteiger partial charge in [-0.1, -0.05) is 274 Å². The molecule has 0 aromatic rings. The fraction of sp³-hybridized carbons (Fsp3) is 0.841. The van der Waals surface area contributed by atoms with E-state index in [0.717, 1.165) is 83.5 Å². The van der Waals surface area contributed by atoms with E-state index in [0.29, 0.717) is 12.8 Å². The van der Waals surface area contributed by atoms with Crippen molar-refractivity contribution in [3.05, 3.63) is 60.8 Å². The number of unbranched alkanes of at least 4 members (excludes halogenated alkanes) is 32. The van der Waals surface area contributed by atoms with Gasteiger partial charge in [0.15, 0.2) is 12.6 Å². The van der Waals surface area contributed by atoms with Gasteiger partial charge in [0.05, 0.1) is 32.0 Å². The molecule has 0 spiro atoms. The summed E-state index contributed by atoms with van der Waals surface area (Å²) in [5, 5.41) is 87.0. The first-order valence-electron chi connectivity index (χ1n) is 34.0. The predicted octanol–water partition coefficient (Wildman–Crippen LogP) is 13.3. The van der Waals surface area contributed by atoms with Gasteiger partial charge in [0.2, 0.25) is 5.91 Å². The maximum absolute atomic E-state index is 13.2. The number of rotatable bonds is 55. The van der Waals surface area contributed by atoms with Gasteiger partial charge < -0.3 is 65.1 Å². The second-order valence-corrected chi connectivity index (χ2v) is 23.9. The van der Waals surface area contributed by atoms with E-state index in [1.54, 1.807) is 0 Å². The topological polar surface area (TPSA) is 228 Å². The van der Waals surface area contributed by atoms with Crippen LogP contribution in [-0.2, 0) is 23.7 Å². The lowest BCUT2D eigenvalue weighted by molar-refractivity contribution is -0.359. The number of ether oxygens (including phenoxy) is 4. The Morgan fingerprint density at radius 2 is 0.831 bits per heavy atom. The van der Waals surface area contributed by atoms with Crippen molar-refractivity contribution in [1.29, 1.82) is 0 Å². The Balaban J connectivity index is 1.48. The average Bonchev–Trinajstić information content (AvgIpc) is 3.45. The monoisotopic (exact) mass is 1180 g/mol. The fourth-order valence-electron chi connectivity index (χ4n) is 11.1. The maximum Gasteiger partial charge on any atom is 0.220 e. The lowest BCUT2D eigenvalue weighted by Crippen LogP contribution is -2.65. The van der Waals surface area contributed by atoms with Crippen molar-refractivity contribution in [3.8, 4) is 0 Å². The maximum atomic E-state index is 13.2. The summed E-state index contributed by atoms with van der Waals surface area (Å²) in [7, 11) is 0. The summed E-state index contributed by atoms with van der Waals surface area (Å²) in [4.78, 5) is 13.2. The quantitative estimate of drug-likeness (QED) is 0.0204. The molecule has 2 rings (SSSR count). The van der Waals surface area contributed by atoms with E-state index < -0.39 is 86.8 Å². The molecule has 2 aliphatic rings. The number of aliphatic hydroxyl groups excluding tert-OH is 8. The van der Waals surface area contributed by atoms with Gasteiger partial charge in [0, 0.05) is 6.42 Å². The van der Waals surface area contributed by atoms with Crippen molar-refractivity contribution in [1.82, 2.24) is 5.32 Å². The van der Waals surface area contributed by atoms with Gasteiger partial charge in [-0.15, -0.1) is 0 Å². The van der Waals surface area contributed by atoms with Crippen LogP contribution in [0.2, 0.25) is 0 Å². The number of amides is 1. The van der Waals surface area contributed by atoms with Crippen LogP contribution in [0.4, 0.5) is 0 Å². The molecule has 0 aromatic carbocycles. The summed E-state index contributed by atoms with van der Waals surface area (Å²) in [6.07, 6.45) is 54.5. The van der Waals surface area contributed by atoms with Crippen molar-refractivity contribution in [2.75, 3.05) is 19.8 Å². The molecule has 14 heteroatoms. The number of nitrogens with one attached hydrogen (secondary N) is 1. The number of carbonyl (C=O) groups excluding carboxylic acids is 1. The van der Waals surface area contributed by atoms with E-state index in [2.05, 4.69) is 79.9 Å². The van der Waals surface area contributed by atoms with Crippen molar-refractivity contribution >= 4 is 5.91 Å². The van der Waals surface area contributed by atoms with Crippen molar-refractivity contribution in [3.63, 3.8) is 0 Å². The smallest absolute Gasteiger partial charge is 0.220 e. The fourth-order valence-corrected chi connectivity index (χ4v) is 11.1. The highest BCUT2D eigenvalue weighted by Crippen LogP contribution is 2.30. The summed E-state index contributed by atoms with van der Waals surface area (Å²) in [5.41, 5.74) is 0. The molecule has 0 aliphatic carbocycles. The Bertz CT molecular complexity index is 1620. The molecule has 0 bridgehead atoms. The van der Waals surface area contributed by atoms with Gasteiger partial charge in [-0.05, 0) is 57.8 Å². The first kappa shape index (κ1) is 76.8. The highest BCUT2D eigenvalue weighted by Gasteiger charge is 2.51. The van der Waals surface area contributed by atoms with Crippen LogP contribution >= 0.6 is 0 Å². The van der Waals surface area contributed by atoms with Crippen molar-refractivity contribution < 1.29 is 64.6 Å². The van der Waals surface area contributed by atoms with Crippen LogP contribution in [0, 0.1) is 0 Å². The van der Waals surface area contributed by atoms with Gasteiger partial charge in [0.25, 0.3) is 0 Å². The second kappa shape index (κ2) is 53.9. The minimum absolute atomic E-state index is 0.206. The summed E-state index contributed by atoms with van der Waals surface area (Å²) in [6.45, 7) is 2.71. The molecule has 484 valence electrons. The minimum atomic E-state index is -1.78. The number of carbonyl (C=O) groups is 1. The van der Waals surface area contributed by atoms with Gasteiger partial charge in [-0.25, -0.2) is 0 Å². The minimum Gasteiger partial charge on any atom is -0.394 e. The molecule has 83 heavy (non-hydrogen) atoms. The van der Waals surface area contributed by atoms with Crippen LogP contribution in [-0.4, -0.2) is 140 Å². The van der Waals surface area contributed by atoms with E-state index in [1.165, 1.54) is 167 Å². The van der Waals surface area contributed by atoms with E-state index >= 15 is 0 Å². The van der Waals surface area contributed by atoms with Crippen molar-refractivity contribution in [2.45, 2.75) is 351 Å². The van der Waals surface area contributed by atoms with E-state index in [4.69, 9.17) is 18.9 Å². The molecule has 12 atom stereocenters. The molecular formula is C69H125NO13. The SMILES string of the molecule is CC/C=C\C/C=C\C/C=C\C/C=C\C/C=C\CCCCCCCCCCCCCCCCCCCCCCCCCCCC(=O)NC(COC1OC(CO)C(OC2OC(CO)C(O)C(O)C2O)C(O)C1O)C(O)CCCCCCCCCC. The van der Waals surface area contributed by atoms with E-state index in [1.807, 2.05) is 0 Å². The average molecular weight is 1180 g/mol. The standard InChI is InChI=1S/C69H125NO13/c1-3-5-7-9-11-13-14-15-16-17-18-19-20-21-22-23-24-25-26-27-28-29-30-31-32-33-34-35-36-37-38-39-40-41-42-43-44-45-47-49-51-53-61(74)70-57(58(73)52-50-48-46-12-10-8-6-4-2)56-80-68-66(79)64(77)67(60(55-72)82-68)83-69-65(78)63(76)62(75)59(54-71)81-69/h5,7,11,13,15-16,18-19,21-22,57-60,62-69,71-73,75-79H,3-4,6,8-10,12,14,17,20,23-56H2,1-2H3,(H,70,74)/b7-5-,13-11-,16-15-,19-18-,22-21-. The highest BCUT2D eigenvalue weighted by molar-refractivity contribution is 5.76. The molecule has 0 radical (unpaired) electrons. The van der Waals surface area contributed by atoms with Crippen LogP contribution in [0.1, 0.15) is 277 Å². The zero-order valence-corrected chi connectivity index (χ0v) is 52.4. The second-order valence-electron chi connectivity index (χ2n) is 23.9. The Kier molecular flexibility index (Phi) is 49.9. The third-order valence-electron chi connectivity index (χ3n) is 16.5. The number of allylic oxidation sites excluding steroid dienone is 10. The van der Waals surface area contributed by atoms with Gasteiger partial charge in [-0.2, -0.15) is 0 Å². The number of hydrogen-bond acceptors (Lipinski definition) is 13. The Labute approximate surface area is 505 Å². The lowest BCUT2D eigenvalue weighted by Gasteiger charge is -2.46. The lowest BCUT2D eigenvalue weighted by atomic mass is 9.97. The molecular weight excluding hydrogens is 1050 g/mol. The molecule has 0 aromatic heterocycles. The first-order valence-corrected chi connectivity index (χ1v) is 34.0. The molecule has 1 amide bonds. The van der Waals surface area contributed by atoms with Gasteiger partial charge in [0.1, 0.15) is 48.8 Å². The molecule has 14 nitrogen and oxygen atoms in total. The van der Waals surface area contributed by atoms with Crippen LogP contribution in [0.5, 0.6) is 0 Å². The molecule has 0 saturated carbocycles. The number of aliphatic hydroxyl groups is 8. The van der Waals surface area contributed by atoms with Crippen LogP contribution in [0.3, 0.4) is 0 Å². The van der Waals surface area contributed by atoms with Gasteiger partial charge >= 0.3 is 0 Å². The van der Waals surface area contributed by atoms with Crippen LogP contribution in [0.25, 0.3) is 0 Å². The highest BCUT2D eigenvalue weighted by atomic mass is 16.7. The number of hydrogen-bond donors (Lipinski definition) is 9. The molecule has 2 aliphatic heterocycles. The van der Waals surface area contributed by atoms with E-state index in [-0.39, 0.29) is 12.5 Å². The Morgan fingerprint density at radius 3 is 1.28 bits per heavy atom. The normalized spacial score (nSPS) is 24.2. The zero-order chi connectivity index (χ0) is 60.2.